The number of anilines is 3. The quantitative estimate of drug-likeness (QED) is 0.771. The predicted molar refractivity (Wildman–Crippen MR) is 88.9 cm³/mol. The monoisotopic (exact) mass is 323 g/mol. The molecule has 3 aromatic rings. The Kier molecular flexibility index (Phi) is 3.66. The Hall–Kier alpha value is -3.22. The van der Waals surface area contributed by atoms with Crippen LogP contribution in [-0.4, -0.2) is 28.1 Å². The highest BCUT2D eigenvalue weighted by Crippen LogP contribution is 2.38. The van der Waals surface area contributed by atoms with Gasteiger partial charge in [-0.3, -0.25) is 9.97 Å². The van der Waals surface area contributed by atoms with Crippen LogP contribution in [0, 0.1) is 5.82 Å². The maximum absolute atomic E-state index is 13.1. The largest absolute Gasteiger partial charge is 0.486 e. The molecule has 4 rings (SSSR count). The van der Waals surface area contributed by atoms with E-state index >= 15 is 0 Å². The Morgan fingerprint density at radius 1 is 1.12 bits per heavy atom. The molecule has 120 valence electrons. The summed E-state index contributed by atoms with van der Waals surface area (Å²) in [6, 6.07) is 8.53. The van der Waals surface area contributed by atoms with Crippen LogP contribution >= 0.6 is 0 Å². The first-order valence-electron chi connectivity index (χ1n) is 7.50. The number of fused-ring (bicyclic) bond motifs is 1. The highest BCUT2D eigenvalue weighted by atomic mass is 19.1. The molecule has 1 aliphatic rings. The molecular weight excluding hydrogens is 309 g/mol. The molecule has 4 heterocycles. The van der Waals surface area contributed by atoms with E-state index in [4.69, 9.17) is 4.74 Å². The fourth-order valence-corrected chi connectivity index (χ4v) is 2.46. The topological polar surface area (TPSA) is 72.0 Å². The zero-order valence-corrected chi connectivity index (χ0v) is 12.7. The highest BCUT2D eigenvalue weighted by Gasteiger charge is 2.19. The minimum atomic E-state index is -0.381. The molecule has 6 nitrogen and oxygen atoms in total. The molecule has 0 saturated carbocycles. The third kappa shape index (κ3) is 2.83. The van der Waals surface area contributed by atoms with E-state index in [1.807, 2.05) is 18.2 Å². The average Bonchev–Trinajstić information content (AvgIpc) is 2.63. The van der Waals surface area contributed by atoms with Gasteiger partial charge in [-0.25, -0.2) is 9.37 Å². The Bertz CT molecular complexity index is 855. The van der Waals surface area contributed by atoms with Crippen LogP contribution in [0.4, 0.5) is 21.6 Å². The van der Waals surface area contributed by atoms with Gasteiger partial charge >= 0.3 is 0 Å². The van der Waals surface area contributed by atoms with Gasteiger partial charge < -0.3 is 15.4 Å². The van der Waals surface area contributed by atoms with Gasteiger partial charge in [-0.05, 0) is 30.3 Å². The first kappa shape index (κ1) is 14.4. The minimum absolute atomic E-state index is 0.381. The van der Waals surface area contributed by atoms with Crippen LogP contribution in [0.1, 0.15) is 0 Å². The van der Waals surface area contributed by atoms with Gasteiger partial charge in [-0.1, -0.05) is 0 Å². The van der Waals surface area contributed by atoms with Crippen molar-refractivity contribution in [2.24, 2.45) is 0 Å². The van der Waals surface area contributed by atoms with Crippen molar-refractivity contribution in [2.75, 3.05) is 23.8 Å². The molecule has 0 unspecified atom stereocenters. The summed E-state index contributed by atoms with van der Waals surface area (Å²) in [6.45, 7) is 1.24. The lowest BCUT2D eigenvalue weighted by molar-refractivity contribution is 0.323. The van der Waals surface area contributed by atoms with E-state index in [9.17, 15) is 4.39 Å². The lowest BCUT2D eigenvalue weighted by Gasteiger charge is -2.22. The average molecular weight is 323 g/mol. The fraction of sp³-hybridized carbons (Fsp3) is 0.118. The van der Waals surface area contributed by atoms with Crippen molar-refractivity contribution in [1.29, 1.82) is 0 Å². The highest BCUT2D eigenvalue weighted by molar-refractivity contribution is 5.78. The number of hydrogen-bond acceptors (Lipinski definition) is 6. The summed E-state index contributed by atoms with van der Waals surface area (Å²) in [7, 11) is 0. The number of rotatable bonds is 3. The molecule has 0 atom stereocenters. The zero-order chi connectivity index (χ0) is 16.4. The molecule has 1 aliphatic heterocycles. The molecule has 0 amide bonds. The Balaban J connectivity index is 1.78. The van der Waals surface area contributed by atoms with E-state index in [1.54, 1.807) is 18.5 Å². The molecule has 0 aromatic carbocycles. The molecule has 0 bridgehead atoms. The van der Waals surface area contributed by atoms with Gasteiger partial charge in [0, 0.05) is 18.1 Å². The van der Waals surface area contributed by atoms with Crippen molar-refractivity contribution in [3.63, 3.8) is 0 Å². The van der Waals surface area contributed by atoms with Gasteiger partial charge in [0.05, 0.1) is 29.8 Å². The summed E-state index contributed by atoms with van der Waals surface area (Å²) >= 11 is 0. The van der Waals surface area contributed by atoms with Gasteiger partial charge in [0.1, 0.15) is 12.4 Å². The Morgan fingerprint density at radius 2 is 2.00 bits per heavy atom. The third-order valence-electron chi connectivity index (χ3n) is 3.56. The van der Waals surface area contributed by atoms with Crippen molar-refractivity contribution in [3.8, 4) is 17.1 Å². The van der Waals surface area contributed by atoms with Crippen molar-refractivity contribution >= 4 is 17.2 Å². The van der Waals surface area contributed by atoms with Crippen LogP contribution in [0.25, 0.3) is 11.4 Å². The first-order valence-corrected chi connectivity index (χ1v) is 7.50. The van der Waals surface area contributed by atoms with Crippen molar-refractivity contribution in [2.45, 2.75) is 0 Å². The normalized spacial score (nSPS) is 12.7. The summed E-state index contributed by atoms with van der Waals surface area (Å²) < 4.78 is 18.9. The number of pyridine rings is 3. The second kappa shape index (κ2) is 6.11. The first-order chi connectivity index (χ1) is 11.8. The van der Waals surface area contributed by atoms with Crippen molar-refractivity contribution in [3.05, 3.63) is 54.7 Å². The predicted octanol–water partition coefficient (Wildman–Crippen LogP) is 3.23. The van der Waals surface area contributed by atoms with E-state index < -0.39 is 0 Å². The van der Waals surface area contributed by atoms with Gasteiger partial charge in [-0.15, -0.1) is 0 Å². The number of ether oxygens (including phenoxy) is 1. The van der Waals surface area contributed by atoms with E-state index in [2.05, 4.69) is 25.6 Å². The molecular formula is C17H14FN5O. The number of hydrogen-bond donors (Lipinski definition) is 2. The van der Waals surface area contributed by atoms with Crippen molar-refractivity contribution < 1.29 is 9.13 Å². The molecule has 2 N–H and O–H groups in total. The molecule has 0 aliphatic carbocycles. The summed E-state index contributed by atoms with van der Waals surface area (Å²) in [4.78, 5) is 12.7. The van der Waals surface area contributed by atoms with Crippen LogP contribution in [-0.2, 0) is 0 Å². The van der Waals surface area contributed by atoms with Crippen LogP contribution < -0.4 is 15.4 Å². The lowest BCUT2D eigenvalue weighted by Crippen LogP contribution is -2.20. The standard InChI is InChI=1S/C17H14FN5O/c18-11-1-2-13(21-10-11)14-9-15(22-12-3-5-19-6-4-12)16-17(23-14)20-7-8-24-16/h1-6,9-10H,7-8H2,(H2,19,20,22,23). The summed E-state index contributed by atoms with van der Waals surface area (Å²) in [5.41, 5.74) is 2.86. The smallest absolute Gasteiger partial charge is 0.185 e. The van der Waals surface area contributed by atoms with Crippen LogP contribution in [0.5, 0.6) is 5.75 Å². The van der Waals surface area contributed by atoms with Crippen LogP contribution in [0.2, 0.25) is 0 Å². The molecule has 0 saturated heterocycles. The minimum Gasteiger partial charge on any atom is -0.486 e. The van der Waals surface area contributed by atoms with E-state index in [-0.39, 0.29) is 5.82 Å². The number of halogens is 1. The summed E-state index contributed by atoms with van der Waals surface area (Å²) in [5.74, 6) is 0.915. The zero-order valence-electron chi connectivity index (χ0n) is 12.7. The lowest BCUT2D eigenvalue weighted by atomic mass is 10.2. The second-order valence-corrected chi connectivity index (χ2v) is 5.23. The van der Waals surface area contributed by atoms with Gasteiger partial charge in [0.15, 0.2) is 11.6 Å². The van der Waals surface area contributed by atoms with Crippen molar-refractivity contribution in [1.82, 2.24) is 15.0 Å². The van der Waals surface area contributed by atoms with Gasteiger partial charge in [0.25, 0.3) is 0 Å². The molecule has 24 heavy (non-hydrogen) atoms. The summed E-state index contributed by atoms with van der Waals surface area (Å²) in [6.07, 6.45) is 4.59. The Morgan fingerprint density at radius 3 is 2.79 bits per heavy atom. The SMILES string of the molecule is Fc1ccc(-c2cc(Nc3ccncc3)c3c(n2)NCCO3)nc1. The summed E-state index contributed by atoms with van der Waals surface area (Å²) in [5, 5.41) is 6.53. The molecule has 3 aromatic heterocycles. The maximum atomic E-state index is 13.1. The van der Waals surface area contributed by atoms with E-state index in [0.717, 1.165) is 11.4 Å². The van der Waals surface area contributed by atoms with E-state index in [0.29, 0.717) is 36.1 Å². The van der Waals surface area contributed by atoms with E-state index in [1.165, 1.54) is 12.3 Å². The number of aromatic nitrogens is 3. The molecule has 0 spiro atoms. The molecule has 0 radical (unpaired) electrons. The van der Waals surface area contributed by atoms with Gasteiger partial charge in [0.2, 0.25) is 0 Å². The number of nitrogens with one attached hydrogen (secondary N) is 2. The molecule has 7 heteroatoms. The van der Waals surface area contributed by atoms with Crippen LogP contribution in [0.3, 0.4) is 0 Å². The number of nitrogens with zero attached hydrogens (tertiary/aromatic N) is 3. The third-order valence-corrected chi connectivity index (χ3v) is 3.56. The van der Waals surface area contributed by atoms with Crippen LogP contribution in [0.15, 0.2) is 48.9 Å². The second-order valence-electron chi connectivity index (χ2n) is 5.23. The Labute approximate surface area is 137 Å². The maximum Gasteiger partial charge on any atom is 0.185 e. The molecule has 0 fully saturated rings. The van der Waals surface area contributed by atoms with Gasteiger partial charge in [-0.2, -0.15) is 0 Å². The fourth-order valence-electron chi connectivity index (χ4n) is 2.46.